The molecule has 1 aromatic rings. The van der Waals surface area contributed by atoms with Gasteiger partial charge in [0.15, 0.2) is 0 Å². The maximum Gasteiger partial charge on any atom is 0.255 e. The van der Waals surface area contributed by atoms with Gasteiger partial charge in [0, 0.05) is 31.5 Å². The van der Waals surface area contributed by atoms with Crippen molar-refractivity contribution in [2.24, 2.45) is 0 Å². The Morgan fingerprint density at radius 2 is 2.13 bits per heavy atom. The number of ether oxygens (including phenoxy) is 1. The van der Waals surface area contributed by atoms with Crippen molar-refractivity contribution in [1.29, 1.82) is 0 Å². The van der Waals surface area contributed by atoms with Gasteiger partial charge in [-0.1, -0.05) is 0 Å². The molecule has 2 fully saturated rings. The Labute approximate surface area is 136 Å². The summed E-state index contributed by atoms with van der Waals surface area (Å²) < 4.78 is 31.1. The number of fused-ring (bicyclic) bond motifs is 1. The van der Waals surface area contributed by atoms with Gasteiger partial charge in [-0.25, -0.2) is 8.42 Å². The summed E-state index contributed by atoms with van der Waals surface area (Å²) in [5.74, 6) is -0.116. The summed E-state index contributed by atoms with van der Waals surface area (Å²) in [6.45, 7) is 3.53. The molecular weight excluding hydrogens is 318 g/mol. The molecule has 126 valence electrons. The lowest BCUT2D eigenvalue weighted by Crippen LogP contribution is -2.61. The molecule has 2 aliphatic rings. The zero-order valence-corrected chi connectivity index (χ0v) is 14.1. The summed E-state index contributed by atoms with van der Waals surface area (Å²) in [5, 5.41) is 0. The van der Waals surface area contributed by atoms with Gasteiger partial charge in [-0.05, 0) is 25.5 Å². The molecule has 2 atom stereocenters. The predicted octanol–water partition coefficient (Wildman–Crippen LogP) is 0.265. The Balaban J connectivity index is 1.78. The Kier molecular flexibility index (Phi) is 4.39. The van der Waals surface area contributed by atoms with Crippen molar-refractivity contribution in [2.75, 3.05) is 32.5 Å². The monoisotopic (exact) mass is 339 g/mol. The number of hydrogen-bond donors (Lipinski definition) is 0. The summed E-state index contributed by atoms with van der Waals surface area (Å²) in [4.78, 5) is 18.5. The van der Waals surface area contributed by atoms with Gasteiger partial charge in [0.25, 0.3) is 5.91 Å². The highest BCUT2D eigenvalue weighted by molar-refractivity contribution is 7.88. The van der Waals surface area contributed by atoms with Crippen LogP contribution >= 0.6 is 0 Å². The van der Waals surface area contributed by atoms with E-state index in [0.29, 0.717) is 38.2 Å². The van der Waals surface area contributed by atoms with Crippen molar-refractivity contribution in [3.8, 4) is 0 Å². The molecule has 1 amide bonds. The van der Waals surface area contributed by atoms with E-state index in [4.69, 9.17) is 4.74 Å². The third-order valence-electron chi connectivity index (χ3n) is 4.41. The van der Waals surface area contributed by atoms with Gasteiger partial charge in [0.1, 0.15) is 0 Å². The molecule has 0 spiro atoms. The summed E-state index contributed by atoms with van der Waals surface area (Å²) in [6, 6.07) is 3.24. The SMILES string of the molecule is Cc1ccc(C(=O)N2CC[C@@H]3OCCN(S(C)(=O)=O)[C@H]3C2)cn1. The molecule has 1 aromatic heterocycles. The molecule has 0 N–H and O–H groups in total. The lowest BCUT2D eigenvalue weighted by molar-refractivity contribution is -0.0704. The van der Waals surface area contributed by atoms with E-state index in [9.17, 15) is 13.2 Å². The van der Waals surface area contributed by atoms with Crippen LogP contribution in [0.5, 0.6) is 0 Å². The third-order valence-corrected chi connectivity index (χ3v) is 5.71. The Bertz CT molecular complexity index is 689. The Morgan fingerprint density at radius 3 is 2.78 bits per heavy atom. The van der Waals surface area contributed by atoms with Gasteiger partial charge in [-0.2, -0.15) is 4.31 Å². The fourth-order valence-corrected chi connectivity index (χ4v) is 4.31. The zero-order valence-electron chi connectivity index (χ0n) is 13.3. The molecule has 0 radical (unpaired) electrons. The number of likely N-dealkylation sites (tertiary alicyclic amines) is 1. The van der Waals surface area contributed by atoms with Crippen LogP contribution < -0.4 is 0 Å². The van der Waals surface area contributed by atoms with E-state index in [2.05, 4.69) is 4.98 Å². The standard InChI is InChI=1S/C15H21N3O4S/c1-11-3-4-12(9-16-11)15(19)17-6-5-14-13(10-17)18(7-8-22-14)23(2,20)21/h3-4,9,13-14H,5-8,10H2,1-2H3/t13-,14-/m0/s1. The van der Waals surface area contributed by atoms with Gasteiger partial charge in [-0.15, -0.1) is 0 Å². The Morgan fingerprint density at radius 1 is 1.35 bits per heavy atom. The second-order valence-electron chi connectivity index (χ2n) is 6.08. The van der Waals surface area contributed by atoms with Crippen molar-refractivity contribution >= 4 is 15.9 Å². The predicted molar refractivity (Wildman–Crippen MR) is 84.6 cm³/mol. The summed E-state index contributed by atoms with van der Waals surface area (Å²) >= 11 is 0. The van der Waals surface area contributed by atoms with Gasteiger partial charge < -0.3 is 9.64 Å². The second kappa shape index (κ2) is 6.18. The van der Waals surface area contributed by atoms with Crippen molar-refractivity contribution in [1.82, 2.24) is 14.2 Å². The largest absolute Gasteiger partial charge is 0.375 e. The number of carbonyl (C=O) groups is 1. The lowest BCUT2D eigenvalue weighted by Gasteiger charge is -2.45. The first-order valence-electron chi connectivity index (χ1n) is 7.66. The minimum Gasteiger partial charge on any atom is -0.375 e. The second-order valence-corrected chi connectivity index (χ2v) is 8.01. The molecule has 0 saturated carbocycles. The van der Waals surface area contributed by atoms with Crippen LogP contribution in [0.1, 0.15) is 22.5 Å². The van der Waals surface area contributed by atoms with Crippen LogP contribution in [-0.4, -0.2) is 73.2 Å². The number of hydrogen-bond acceptors (Lipinski definition) is 5. The van der Waals surface area contributed by atoms with Crippen LogP contribution in [0.15, 0.2) is 18.3 Å². The van der Waals surface area contributed by atoms with Crippen LogP contribution in [-0.2, 0) is 14.8 Å². The first kappa shape index (κ1) is 16.4. The normalized spacial score (nSPS) is 25.9. The maximum absolute atomic E-state index is 12.6. The van der Waals surface area contributed by atoms with Gasteiger partial charge >= 0.3 is 0 Å². The Hall–Kier alpha value is -1.51. The van der Waals surface area contributed by atoms with Crippen LogP contribution in [0.4, 0.5) is 0 Å². The minimum atomic E-state index is -3.31. The first-order valence-corrected chi connectivity index (χ1v) is 9.51. The molecule has 0 aromatic carbocycles. The minimum absolute atomic E-state index is 0.116. The average molecular weight is 339 g/mol. The number of morpholine rings is 1. The van der Waals surface area contributed by atoms with Crippen molar-refractivity contribution in [3.63, 3.8) is 0 Å². The van der Waals surface area contributed by atoms with Crippen LogP contribution in [0.2, 0.25) is 0 Å². The van der Waals surface area contributed by atoms with Gasteiger partial charge in [-0.3, -0.25) is 9.78 Å². The van der Waals surface area contributed by atoms with E-state index in [1.165, 1.54) is 10.6 Å². The average Bonchev–Trinajstić information content (AvgIpc) is 2.53. The molecule has 2 saturated heterocycles. The van der Waals surface area contributed by atoms with E-state index < -0.39 is 10.0 Å². The topological polar surface area (TPSA) is 79.8 Å². The smallest absolute Gasteiger partial charge is 0.255 e. The number of amides is 1. The lowest BCUT2D eigenvalue weighted by atomic mass is 10.00. The van der Waals surface area contributed by atoms with Crippen molar-refractivity contribution < 1.29 is 17.9 Å². The molecule has 0 bridgehead atoms. The zero-order chi connectivity index (χ0) is 16.6. The van der Waals surface area contributed by atoms with E-state index in [-0.39, 0.29) is 18.1 Å². The quantitative estimate of drug-likeness (QED) is 0.772. The third kappa shape index (κ3) is 3.39. The number of carbonyl (C=O) groups excluding carboxylic acids is 1. The van der Waals surface area contributed by atoms with Gasteiger partial charge in [0.2, 0.25) is 10.0 Å². The maximum atomic E-state index is 12.6. The van der Waals surface area contributed by atoms with Crippen LogP contribution in [0.3, 0.4) is 0 Å². The van der Waals surface area contributed by atoms with Crippen LogP contribution in [0, 0.1) is 6.92 Å². The summed E-state index contributed by atoms with van der Waals surface area (Å²) in [7, 11) is -3.31. The number of aromatic nitrogens is 1. The molecule has 3 rings (SSSR count). The molecule has 3 heterocycles. The number of piperidine rings is 1. The van der Waals surface area contributed by atoms with E-state index in [0.717, 1.165) is 5.69 Å². The summed E-state index contributed by atoms with van der Waals surface area (Å²) in [5.41, 5.74) is 1.38. The highest BCUT2D eigenvalue weighted by atomic mass is 32.2. The van der Waals surface area contributed by atoms with Crippen LogP contribution in [0.25, 0.3) is 0 Å². The molecule has 0 unspecified atom stereocenters. The van der Waals surface area contributed by atoms with E-state index in [1.807, 2.05) is 6.92 Å². The fourth-order valence-electron chi connectivity index (χ4n) is 3.21. The van der Waals surface area contributed by atoms with Gasteiger partial charge in [0.05, 0.1) is 30.6 Å². The number of nitrogens with zero attached hydrogens (tertiary/aromatic N) is 3. The molecule has 23 heavy (non-hydrogen) atoms. The number of rotatable bonds is 2. The molecule has 0 aliphatic carbocycles. The molecule has 7 nitrogen and oxygen atoms in total. The summed E-state index contributed by atoms with van der Waals surface area (Å²) in [6.07, 6.45) is 3.27. The number of sulfonamides is 1. The first-order chi connectivity index (χ1) is 10.9. The molecule has 8 heteroatoms. The molecule has 2 aliphatic heterocycles. The van der Waals surface area contributed by atoms with Crippen molar-refractivity contribution in [2.45, 2.75) is 25.5 Å². The highest BCUT2D eigenvalue weighted by Gasteiger charge is 2.42. The van der Waals surface area contributed by atoms with E-state index in [1.54, 1.807) is 23.2 Å². The molecular formula is C15H21N3O4S. The van der Waals surface area contributed by atoms with E-state index >= 15 is 0 Å². The number of aryl methyl sites for hydroxylation is 1. The fraction of sp³-hybridized carbons (Fsp3) is 0.600. The highest BCUT2D eigenvalue weighted by Crippen LogP contribution is 2.25. The number of pyridine rings is 1. The van der Waals surface area contributed by atoms with Crippen molar-refractivity contribution in [3.05, 3.63) is 29.6 Å².